The predicted octanol–water partition coefficient (Wildman–Crippen LogP) is 1.38. The summed E-state index contributed by atoms with van der Waals surface area (Å²) in [6.45, 7) is 0.101. The van der Waals surface area contributed by atoms with Crippen molar-refractivity contribution in [1.82, 2.24) is 10.2 Å². The lowest BCUT2D eigenvalue weighted by Gasteiger charge is -2.50. The van der Waals surface area contributed by atoms with Crippen molar-refractivity contribution >= 4 is 34.9 Å². The molecule has 0 unspecified atom stereocenters. The Morgan fingerprint density at radius 2 is 1.76 bits per heavy atom. The van der Waals surface area contributed by atoms with Crippen molar-refractivity contribution in [2.24, 2.45) is 17.6 Å². The number of allylic oxidation sites excluding steroid dienone is 1. The predicted molar refractivity (Wildman–Crippen MR) is 165 cm³/mol. The van der Waals surface area contributed by atoms with Crippen molar-refractivity contribution in [3.05, 3.63) is 75.3 Å². The van der Waals surface area contributed by atoms with Gasteiger partial charge in [0.25, 0.3) is 5.91 Å². The van der Waals surface area contributed by atoms with E-state index in [1.54, 1.807) is 57.4 Å². The van der Waals surface area contributed by atoms with E-state index in [4.69, 9.17) is 11.0 Å². The van der Waals surface area contributed by atoms with Gasteiger partial charge in [0.15, 0.2) is 17.1 Å². The van der Waals surface area contributed by atoms with Crippen molar-refractivity contribution in [1.29, 1.82) is 5.26 Å². The second-order valence-electron chi connectivity index (χ2n) is 12.1. The number of amides is 3. The van der Waals surface area contributed by atoms with Crippen molar-refractivity contribution in [2.45, 2.75) is 31.0 Å². The molecule has 0 aliphatic heterocycles. The number of nitrogens with zero attached hydrogens (tertiary/aromatic N) is 3. The molecule has 0 spiro atoms. The van der Waals surface area contributed by atoms with E-state index in [0.717, 1.165) is 0 Å². The number of aliphatic hydroxyl groups excluding tert-OH is 2. The smallest absolute Gasteiger partial charge is 0.319 e. The van der Waals surface area contributed by atoms with Gasteiger partial charge in [0.2, 0.25) is 5.78 Å². The van der Waals surface area contributed by atoms with Crippen molar-refractivity contribution in [3.63, 3.8) is 0 Å². The van der Waals surface area contributed by atoms with Crippen LogP contribution in [0.5, 0.6) is 5.75 Å². The summed E-state index contributed by atoms with van der Waals surface area (Å²) in [7, 11) is 6.55. The number of aromatic hydroxyl groups is 1. The Balaban J connectivity index is 1.55. The molecule has 2 aromatic rings. The number of Topliss-reactive ketones (excluding diaryl/α,β-unsaturated/α-hetero) is 2. The number of hydrogen-bond acceptors (Lipinski definition) is 11. The number of nitriles is 1. The molecular formula is C32H34N6O8. The van der Waals surface area contributed by atoms with Gasteiger partial charge < -0.3 is 41.7 Å². The Morgan fingerprint density at radius 1 is 1.11 bits per heavy atom. The van der Waals surface area contributed by atoms with E-state index in [1.807, 2.05) is 6.07 Å². The number of aliphatic hydroxyl groups is 3. The first-order valence-electron chi connectivity index (χ1n) is 14.4. The van der Waals surface area contributed by atoms with E-state index in [9.17, 15) is 39.6 Å². The van der Waals surface area contributed by atoms with Gasteiger partial charge in [-0.2, -0.15) is 5.26 Å². The van der Waals surface area contributed by atoms with Crippen LogP contribution in [0.4, 0.5) is 16.2 Å². The van der Waals surface area contributed by atoms with Crippen LogP contribution >= 0.6 is 0 Å². The second-order valence-corrected chi connectivity index (χ2v) is 12.1. The van der Waals surface area contributed by atoms with Gasteiger partial charge in [-0.3, -0.25) is 19.3 Å². The van der Waals surface area contributed by atoms with Crippen LogP contribution in [0.1, 0.15) is 33.5 Å². The molecule has 240 valence electrons. The third-order valence-electron chi connectivity index (χ3n) is 8.97. The van der Waals surface area contributed by atoms with Gasteiger partial charge in [-0.25, -0.2) is 4.79 Å². The van der Waals surface area contributed by atoms with Gasteiger partial charge in [-0.05, 0) is 62.2 Å². The molecule has 46 heavy (non-hydrogen) atoms. The number of likely N-dealkylation sites (N-methyl/N-ethyl adjacent to an activating group) is 1. The molecule has 0 aromatic heterocycles. The molecule has 3 aliphatic rings. The number of urea groups is 1. The molecular weight excluding hydrogens is 596 g/mol. The first-order valence-corrected chi connectivity index (χ1v) is 14.4. The topological polar surface area (TPSA) is 230 Å². The highest BCUT2D eigenvalue weighted by atomic mass is 16.3. The highest BCUT2D eigenvalue weighted by molar-refractivity contribution is 6.25. The standard InChI is InChI=1S/C32H34N6O8/c1-37(2)20-11-19(36-31(45)35-13-15-7-5-14(12-33)6-8-15)25(39)22-17(20)9-16-10-18-24(38(3)4)27(41)23(30(34)44)29(43)32(18,46)28(42)21(16)26(22)40/h5-8,11,16,18,24,39,41-42,46H,9-10,13H2,1-4H3,(H2,34,44)(H2,35,36,45)/t16-,18-,24-,32-/m0/s1. The van der Waals surface area contributed by atoms with E-state index < -0.39 is 69.8 Å². The molecule has 14 heteroatoms. The lowest BCUT2D eigenvalue weighted by Crippen LogP contribution is -2.63. The van der Waals surface area contributed by atoms with Crippen LogP contribution in [-0.2, 0) is 22.6 Å². The zero-order chi connectivity index (χ0) is 33.8. The average Bonchev–Trinajstić information content (AvgIpc) is 2.99. The third-order valence-corrected chi connectivity index (χ3v) is 8.97. The summed E-state index contributed by atoms with van der Waals surface area (Å²) in [4.78, 5) is 55.9. The molecule has 0 radical (unpaired) electrons. The van der Waals surface area contributed by atoms with Gasteiger partial charge in [-0.1, -0.05) is 12.1 Å². The van der Waals surface area contributed by atoms with E-state index in [1.165, 1.54) is 11.0 Å². The lowest BCUT2D eigenvalue weighted by molar-refractivity contribution is -0.148. The van der Waals surface area contributed by atoms with Crippen LogP contribution in [0.2, 0.25) is 0 Å². The van der Waals surface area contributed by atoms with E-state index in [-0.39, 0.29) is 36.2 Å². The fraction of sp³-hybridized carbons (Fsp3) is 0.344. The number of hydrogen-bond donors (Lipinski definition) is 7. The van der Waals surface area contributed by atoms with Crippen LogP contribution < -0.4 is 21.3 Å². The Kier molecular flexibility index (Phi) is 8.01. The number of nitrogens with one attached hydrogen (secondary N) is 2. The number of benzene rings is 2. The number of primary amides is 1. The Bertz CT molecular complexity index is 1790. The minimum Gasteiger partial charge on any atom is -0.510 e. The van der Waals surface area contributed by atoms with Crippen molar-refractivity contribution in [3.8, 4) is 11.8 Å². The number of nitrogens with two attached hydrogens (primary N) is 1. The first kappa shape index (κ1) is 32.0. The molecule has 0 bridgehead atoms. The number of rotatable bonds is 6. The van der Waals surface area contributed by atoms with Crippen LogP contribution in [0.25, 0.3) is 0 Å². The quantitative estimate of drug-likeness (QED) is 0.178. The SMILES string of the molecule is CN(C)c1cc(NC(=O)NCc2ccc(C#N)cc2)c(O)c2c1C[C@H]1C[C@H]3[C@H](N(C)C)C(O)=C(C(N)=O)C(=O)[C@@]3(O)C(O)=C1C2=O. The molecule has 0 saturated carbocycles. The van der Waals surface area contributed by atoms with E-state index in [2.05, 4.69) is 10.6 Å². The number of phenols is 1. The summed E-state index contributed by atoms with van der Waals surface area (Å²) in [6, 6.07) is 8.30. The van der Waals surface area contributed by atoms with E-state index in [0.29, 0.717) is 22.4 Å². The van der Waals surface area contributed by atoms with Gasteiger partial charge in [-0.15, -0.1) is 0 Å². The number of carbonyl (C=O) groups excluding carboxylic acids is 4. The third kappa shape index (κ3) is 4.90. The van der Waals surface area contributed by atoms with Gasteiger partial charge >= 0.3 is 6.03 Å². The zero-order valence-corrected chi connectivity index (χ0v) is 25.6. The highest BCUT2D eigenvalue weighted by Crippen LogP contribution is 2.53. The second kappa shape index (κ2) is 11.5. The van der Waals surface area contributed by atoms with Gasteiger partial charge in [0.1, 0.15) is 17.1 Å². The molecule has 0 saturated heterocycles. The molecule has 0 fully saturated rings. The maximum Gasteiger partial charge on any atom is 0.319 e. The van der Waals surface area contributed by atoms with Crippen LogP contribution in [0.15, 0.2) is 53.0 Å². The Labute approximate surface area is 264 Å². The molecule has 3 amide bonds. The fourth-order valence-corrected chi connectivity index (χ4v) is 6.84. The lowest BCUT2D eigenvalue weighted by atomic mass is 9.58. The summed E-state index contributed by atoms with van der Waals surface area (Å²) in [5.74, 6) is -7.57. The van der Waals surface area contributed by atoms with Crippen LogP contribution in [-0.4, -0.2) is 88.7 Å². The average molecular weight is 631 g/mol. The molecule has 3 aliphatic carbocycles. The van der Waals surface area contributed by atoms with E-state index >= 15 is 0 Å². The molecule has 8 N–H and O–H groups in total. The van der Waals surface area contributed by atoms with Gasteiger partial charge in [0, 0.05) is 37.8 Å². The largest absolute Gasteiger partial charge is 0.510 e. The molecule has 5 rings (SSSR count). The maximum absolute atomic E-state index is 14.1. The fourth-order valence-electron chi connectivity index (χ4n) is 6.84. The summed E-state index contributed by atoms with van der Waals surface area (Å²) in [5.41, 5.74) is 3.19. The minimum atomic E-state index is -2.76. The van der Waals surface area contributed by atoms with Crippen LogP contribution in [0, 0.1) is 23.2 Å². The molecule has 0 heterocycles. The number of phenolic OH excluding ortho intramolecular Hbond substituents is 1. The number of anilines is 2. The summed E-state index contributed by atoms with van der Waals surface area (Å²) in [6.07, 6.45) is 0.0535. The molecule has 2 aromatic carbocycles. The number of ketones is 2. The van der Waals surface area contributed by atoms with Crippen LogP contribution in [0.3, 0.4) is 0 Å². The molecule has 4 atom stereocenters. The zero-order valence-electron chi connectivity index (χ0n) is 25.6. The maximum atomic E-state index is 14.1. The Morgan fingerprint density at radius 3 is 2.33 bits per heavy atom. The number of fused-ring (bicyclic) bond motifs is 3. The first-order chi connectivity index (χ1) is 21.6. The summed E-state index contributed by atoms with van der Waals surface area (Å²) < 4.78 is 0. The Hall–Kier alpha value is -5.39. The minimum absolute atomic E-state index is 0.0445. The van der Waals surface area contributed by atoms with Crippen molar-refractivity contribution < 1.29 is 39.6 Å². The summed E-state index contributed by atoms with van der Waals surface area (Å²) >= 11 is 0. The highest BCUT2D eigenvalue weighted by Gasteiger charge is 2.63. The normalized spacial score (nSPS) is 23.7. The summed E-state index contributed by atoms with van der Waals surface area (Å²) in [5, 5.41) is 59.8. The van der Waals surface area contributed by atoms with Gasteiger partial charge in [0.05, 0.1) is 28.9 Å². The number of carbonyl (C=O) groups is 4. The van der Waals surface area contributed by atoms with Crippen molar-refractivity contribution in [2.75, 3.05) is 38.4 Å². The molecule has 14 nitrogen and oxygen atoms in total. The monoisotopic (exact) mass is 630 g/mol.